The Kier molecular flexibility index (Phi) is 8.13. The van der Waals surface area contributed by atoms with Crippen LogP contribution in [0.15, 0.2) is 10.6 Å². The Morgan fingerprint density at radius 2 is 2.12 bits per heavy atom. The molecule has 4 rings (SSSR count). The second kappa shape index (κ2) is 11.1. The van der Waals surface area contributed by atoms with Crippen LogP contribution in [0.1, 0.15) is 54.3 Å². The molecule has 11 heteroatoms. The number of hydrogen-bond acceptors (Lipinski definition) is 7. The van der Waals surface area contributed by atoms with Crippen molar-refractivity contribution in [3.63, 3.8) is 0 Å². The van der Waals surface area contributed by atoms with Gasteiger partial charge in [0.25, 0.3) is 11.6 Å². The van der Waals surface area contributed by atoms with E-state index in [9.17, 15) is 13.6 Å². The minimum Gasteiger partial charge on any atom is -0.464 e. The molecule has 7 nitrogen and oxygen atoms in total. The molecule has 0 spiro atoms. The number of aryl methyl sites for hydroxylation is 1. The number of nitrogens with zero attached hydrogens (tertiary/aromatic N) is 3. The van der Waals surface area contributed by atoms with Crippen LogP contribution in [-0.2, 0) is 24.1 Å². The van der Waals surface area contributed by atoms with Crippen LogP contribution in [-0.4, -0.2) is 65.2 Å². The van der Waals surface area contributed by atoms with E-state index in [1.807, 2.05) is 0 Å². The predicted molar refractivity (Wildman–Crippen MR) is 121 cm³/mol. The zero-order valence-corrected chi connectivity index (χ0v) is 20.1. The molecule has 2 aromatic heterocycles. The normalized spacial score (nSPS) is 23.5. The number of oxazole rings is 1. The zero-order valence-electron chi connectivity index (χ0n) is 19.3. The molecule has 188 valence electrons. The molecule has 3 heterocycles. The minimum atomic E-state index is -2.51. The number of halogens is 3. The van der Waals surface area contributed by atoms with Gasteiger partial charge in [-0.15, -0.1) is 0 Å². The lowest BCUT2D eigenvalue weighted by molar-refractivity contribution is -0.121. The SMILES string of the molecule is Cc1ncc(CC(=O)N[C@H]2CC[C@](F)(CCN3CCc4nc(OCC(F)F)sc4CC3)CC2)o1. The molecular weight excluding hydrogens is 469 g/mol. The van der Waals surface area contributed by atoms with Gasteiger partial charge in [0.15, 0.2) is 12.5 Å². The van der Waals surface area contributed by atoms with Gasteiger partial charge in [0.1, 0.15) is 11.4 Å². The Labute approximate surface area is 201 Å². The summed E-state index contributed by atoms with van der Waals surface area (Å²) in [6.07, 6.45) is 3.26. The molecule has 2 aromatic rings. The Bertz CT molecular complexity index is 934. The van der Waals surface area contributed by atoms with Crippen LogP contribution < -0.4 is 10.1 Å². The topological polar surface area (TPSA) is 80.5 Å². The first kappa shape index (κ1) is 25.0. The number of alkyl halides is 3. The standard InChI is InChI=1S/C23H31F3N4O3S/c1-15-27-13-17(33-15)12-21(31)28-16-2-6-23(26,7-3-16)8-11-30-9-4-18-19(5-10-30)34-22(29-18)32-14-20(24)25/h13,16,20H,2-12,14H2,1H3,(H,28,31)/t16-,23+. The number of nitrogens with one attached hydrogen (secondary N) is 1. The van der Waals surface area contributed by atoms with Crippen LogP contribution in [0.25, 0.3) is 0 Å². The molecule has 0 aromatic carbocycles. The van der Waals surface area contributed by atoms with Gasteiger partial charge in [0, 0.05) is 43.9 Å². The van der Waals surface area contributed by atoms with Gasteiger partial charge in [-0.05, 0) is 38.5 Å². The molecule has 0 saturated heterocycles. The Hall–Kier alpha value is -2.14. The molecule has 0 radical (unpaired) electrons. The van der Waals surface area contributed by atoms with E-state index in [2.05, 4.69) is 20.2 Å². The van der Waals surface area contributed by atoms with Crippen LogP contribution in [0, 0.1) is 6.92 Å². The van der Waals surface area contributed by atoms with Gasteiger partial charge in [-0.25, -0.2) is 23.1 Å². The lowest BCUT2D eigenvalue weighted by atomic mass is 9.81. The molecule has 1 N–H and O–H groups in total. The summed E-state index contributed by atoms with van der Waals surface area (Å²) in [5, 5.41) is 3.30. The first-order valence-corrected chi connectivity index (χ1v) is 12.6. The van der Waals surface area contributed by atoms with Gasteiger partial charge in [-0.1, -0.05) is 11.3 Å². The third kappa shape index (κ3) is 6.94. The molecule has 0 unspecified atom stereocenters. The molecule has 2 aliphatic rings. The Balaban J connectivity index is 1.17. The maximum absolute atomic E-state index is 15.4. The van der Waals surface area contributed by atoms with E-state index in [-0.39, 0.29) is 18.4 Å². The number of fused-ring (bicyclic) bond motifs is 1. The van der Waals surface area contributed by atoms with E-state index in [0.29, 0.717) is 61.9 Å². The highest BCUT2D eigenvalue weighted by atomic mass is 32.1. The van der Waals surface area contributed by atoms with Crippen LogP contribution in [0.2, 0.25) is 0 Å². The van der Waals surface area contributed by atoms with E-state index in [1.54, 1.807) is 13.1 Å². The smallest absolute Gasteiger partial charge is 0.273 e. The van der Waals surface area contributed by atoms with Crippen LogP contribution >= 0.6 is 11.3 Å². The molecular formula is C23H31F3N4O3S. The highest BCUT2D eigenvalue weighted by Crippen LogP contribution is 2.35. The highest BCUT2D eigenvalue weighted by Gasteiger charge is 2.36. The maximum atomic E-state index is 15.4. The molecule has 1 fully saturated rings. The number of carbonyl (C=O) groups is 1. The zero-order chi connectivity index (χ0) is 24.1. The van der Waals surface area contributed by atoms with Gasteiger partial charge in [-0.3, -0.25) is 4.79 Å². The van der Waals surface area contributed by atoms with E-state index >= 15 is 4.39 Å². The van der Waals surface area contributed by atoms with Crippen molar-refractivity contribution in [3.05, 3.63) is 28.4 Å². The van der Waals surface area contributed by atoms with Crippen LogP contribution in [0.3, 0.4) is 0 Å². The summed E-state index contributed by atoms with van der Waals surface area (Å²) in [7, 11) is 0. The first-order valence-electron chi connectivity index (χ1n) is 11.8. The number of hydrogen-bond donors (Lipinski definition) is 1. The summed E-state index contributed by atoms with van der Waals surface area (Å²) in [6, 6.07) is -0.0119. The number of thiazole rings is 1. The second-order valence-electron chi connectivity index (χ2n) is 9.16. The molecule has 1 aliphatic heterocycles. The predicted octanol–water partition coefficient (Wildman–Crippen LogP) is 3.88. The number of ether oxygens (including phenoxy) is 1. The van der Waals surface area contributed by atoms with Crippen LogP contribution in [0.5, 0.6) is 5.19 Å². The maximum Gasteiger partial charge on any atom is 0.273 e. The fraction of sp³-hybridized carbons (Fsp3) is 0.696. The summed E-state index contributed by atoms with van der Waals surface area (Å²) >= 11 is 1.33. The fourth-order valence-corrected chi connectivity index (χ4v) is 5.57. The van der Waals surface area contributed by atoms with Crippen molar-refractivity contribution in [2.45, 2.75) is 76.4 Å². The Morgan fingerprint density at radius 1 is 1.35 bits per heavy atom. The number of carbonyl (C=O) groups excluding carboxylic acids is 1. The Morgan fingerprint density at radius 3 is 2.82 bits per heavy atom. The lowest BCUT2D eigenvalue weighted by Gasteiger charge is -2.35. The van der Waals surface area contributed by atoms with E-state index in [4.69, 9.17) is 9.15 Å². The summed E-state index contributed by atoms with van der Waals surface area (Å²) < 4.78 is 50.5. The largest absolute Gasteiger partial charge is 0.464 e. The van der Waals surface area contributed by atoms with E-state index < -0.39 is 18.7 Å². The number of amides is 1. The molecule has 1 amide bonds. The van der Waals surface area contributed by atoms with Gasteiger partial charge >= 0.3 is 0 Å². The fourth-order valence-electron chi connectivity index (χ4n) is 4.62. The van der Waals surface area contributed by atoms with Crippen molar-refractivity contribution < 1.29 is 27.1 Å². The average molecular weight is 501 g/mol. The average Bonchev–Trinajstić information content (AvgIpc) is 3.33. The van der Waals surface area contributed by atoms with Crippen molar-refractivity contribution >= 4 is 17.2 Å². The third-order valence-electron chi connectivity index (χ3n) is 6.54. The summed E-state index contributed by atoms with van der Waals surface area (Å²) in [6.45, 7) is 3.32. The molecule has 0 atom stereocenters. The van der Waals surface area contributed by atoms with Gasteiger partial charge in [-0.2, -0.15) is 0 Å². The molecule has 1 saturated carbocycles. The van der Waals surface area contributed by atoms with Crippen molar-refractivity contribution in [2.24, 2.45) is 0 Å². The summed E-state index contributed by atoms with van der Waals surface area (Å²) in [5.41, 5.74) is -0.307. The van der Waals surface area contributed by atoms with Gasteiger partial charge in [0.2, 0.25) is 5.91 Å². The van der Waals surface area contributed by atoms with E-state index in [0.717, 1.165) is 30.1 Å². The van der Waals surface area contributed by atoms with Crippen LogP contribution in [0.4, 0.5) is 13.2 Å². The minimum absolute atomic E-state index is 0.0119. The third-order valence-corrected chi connectivity index (χ3v) is 7.61. The lowest BCUT2D eigenvalue weighted by Crippen LogP contribution is -2.43. The summed E-state index contributed by atoms with van der Waals surface area (Å²) in [5.74, 6) is 0.938. The van der Waals surface area contributed by atoms with Crippen molar-refractivity contribution in [3.8, 4) is 5.19 Å². The summed E-state index contributed by atoms with van der Waals surface area (Å²) in [4.78, 5) is 23.9. The van der Waals surface area contributed by atoms with Gasteiger partial charge in [0.05, 0.1) is 18.3 Å². The quantitative estimate of drug-likeness (QED) is 0.563. The molecule has 1 aliphatic carbocycles. The van der Waals surface area contributed by atoms with Gasteiger partial charge < -0.3 is 19.4 Å². The second-order valence-corrected chi connectivity index (χ2v) is 10.2. The number of aromatic nitrogens is 2. The molecule has 0 bridgehead atoms. The van der Waals surface area contributed by atoms with Crippen molar-refractivity contribution in [1.82, 2.24) is 20.2 Å². The number of rotatable bonds is 9. The van der Waals surface area contributed by atoms with Crippen molar-refractivity contribution in [2.75, 3.05) is 26.2 Å². The monoisotopic (exact) mass is 500 g/mol. The van der Waals surface area contributed by atoms with E-state index in [1.165, 1.54) is 11.3 Å². The molecule has 34 heavy (non-hydrogen) atoms. The van der Waals surface area contributed by atoms with Crippen molar-refractivity contribution in [1.29, 1.82) is 0 Å². The highest BCUT2D eigenvalue weighted by molar-refractivity contribution is 7.13. The first-order chi connectivity index (χ1) is 16.3.